The summed E-state index contributed by atoms with van der Waals surface area (Å²) in [6.45, 7) is 3.91. The molecule has 0 bridgehead atoms. The van der Waals surface area contributed by atoms with Crippen LogP contribution >= 0.6 is 23.1 Å². The minimum absolute atomic E-state index is 0.479. The number of benzene rings is 1. The second kappa shape index (κ2) is 8.74. The van der Waals surface area contributed by atoms with Crippen molar-refractivity contribution in [3.05, 3.63) is 52.7 Å². The molecule has 0 aliphatic rings. The highest BCUT2D eigenvalue weighted by atomic mass is 32.2. The Kier molecular flexibility index (Phi) is 6.63. The van der Waals surface area contributed by atoms with Crippen LogP contribution in [0.2, 0.25) is 0 Å². The smallest absolute Gasteiger partial charge is 0.191 e. The molecule has 2 rings (SSSR count). The van der Waals surface area contributed by atoms with E-state index in [1.165, 1.54) is 10.5 Å². The van der Waals surface area contributed by atoms with Gasteiger partial charge in [-0.1, -0.05) is 25.1 Å². The number of rotatable bonds is 6. The number of hydrogen-bond acceptors (Lipinski definition) is 3. The summed E-state index contributed by atoms with van der Waals surface area (Å²) in [5, 5.41) is 11.4. The standard InChI is InChI=1S/C16H21N3S2/c1-13(21-15-6-4-3-5-7-15)10-18-16(17-2)19-11-14-8-9-20-12-14/h3-9,12-13H,10-11H2,1-2H3,(H2,17,18,19). The number of thioether (sulfide) groups is 1. The van der Waals surface area contributed by atoms with E-state index >= 15 is 0 Å². The number of aliphatic imine (C=N–C) groups is 1. The van der Waals surface area contributed by atoms with Gasteiger partial charge in [0.1, 0.15) is 0 Å². The summed E-state index contributed by atoms with van der Waals surface area (Å²) in [6.07, 6.45) is 0. The van der Waals surface area contributed by atoms with Crippen molar-refractivity contribution in [3.63, 3.8) is 0 Å². The maximum absolute atomic E-state index is 4.26. The van der Waals surface area contributed by atoms with Crippen LogP contribution in [0.5, 0.6) is 0 Å². The zero-order valence-electron chi connectivity index (χ0n) is 12.4. The third-order valence-corrected chi connectivity index (χ3v) is 4.75. The third kappa shape index (κ3) is 5.81. The van der Waals surface area contributed by atoms with Gasteiger partial charge < -0.3 is 10.6 Å². The molecule has 1 aromatic carbocycles. The molecular weight excluding hydrogens is 298 g/mol. The molecule has 0 fully saturated rings. The van der Waals surface area contributed by atoms with Gasteiger partial charge in [0.15, 0.2) is 5.96 Å². The highest BCUT2D eigenvalue weighted by molar-refractivity contribution is 8.00. The van der Waals surface area contributed by atoms with Gasteiger partial charge in [0.25, 0.3) is 0 Å². The molecule has 0 aliphatic heterocycles. The molecule has 2 aromatic rings. The molecule has 0 spiro atoms. The Balaban J connectivity index is 1.72. The van der Waals surface area contributed by atoms with Crippen molar-refractivity contribution in [1.82, 2.24) is 10.6 Å². The van der Waals surface area contributed by atoms with Crippen molar-refractivity contribution in [2.24, 2.45) is 4.99 Å². The summed E-state index contributed by atoms with van der Waals surface area (Å²) in [7, 11) is 1.80. The average molecular weight is 319 g/mol. The Hall–Kier alpha value is -1.46. The van der Waals surface area contributed by atoms with Crippen molar-refractivity contribution in [2.75, 3.05) is 13.6 Å². The molecule has 112 valence electrons. The van der Waals surface area contributed by atoms with E-state index in [1.54, 1.807) is 18.4 Å². The molecule has 1 aromatic heterocycles. The van der Waals surface area contributed by atoms with Crippen LogP contribution in [-0.2, 0) is 6.54 Å². The van der Waals surface area contributed by atoms with Crippen molar-refractivity contribution >= 4 is 29.1 Å². The Morgan fingerprint density at radius 1 is 1.24 bits per heavy atom. The number of nitrogens with one attached hydrogen (secondary N) is 2. The summed E-state index contributed by atoms with van der Waals surface area (Å²) < 4.78 is 0. The lowest BCUT2D eigenvalue weighted by atomic mass is 10.3. The maximum Gasteiger partial charge on any atom is 0.191 e. The van der Waals surface area contributed by atoms with Gasteiger partial charge in [-0.15, -0.1) is 11.8 Å². The molecule has 2 N–H and O–H groups in total. The largest absolute Gasteiger partial charge is 0.355 e. The first-order chi connectivity index (χ1) is 10.3. The van der Waals surface area contributed by atoms with Crippen LogP contribution in [0.25, 0.3) is 0 Å². The summed E-state index contributed by atoms with van der Waals surface area (Å²) in [5.74, 6) is 0.849. The average Bonchev–Trinajstić information content (AvgIpc) is 3.02. The van der Waals surface area contributed by atoms with Gasteiger partial charge in [0.2, 0.25) is 0 Å². The van der Waals surface area contributed by atoms with Gasteiger partial charge in [-0.2, -0.15) is 11.3 Å². The summed E-state index contributed by atoms with van der Waals surface area (Å²) in [6, 6.07) is 12.6. The monoisotopic (exact) mass is 319 g/mol. The van der Waals surface area contributed by atoms with E-state index in [0.717, 1.165) is 19.0 Å². The molecule has 1 unspecified atom stereocenters. The van der Waals surface area contributed by atoms with Crippen LogP contribution in [0.1, 0.15) is 12.5 Å². The Morgan fingerprint density at radius 3 is 2.71 bits per heavy atom. The van der Waals surface area contributed by atoms with Crippen molar-refractivity contribution < 1.29 is 0 Å². The SMILES string of the molecule is CN=C(NCc1ccsc1)NCC(C)Sc1ccccc1. The zero-order chi connectivity index (χ0) is 14.9. The minimum Gasteiger partial charge on any atom is -0.355 e. The number of thiophene rings is 1. The maximum atomic E-state index is 4.26. The fourth-order valence-electron chi connectivity index (χ4n) is 1.81. The number of hydrogen-bond donors (Lipinski definition) is 2. The molecule has 21 heavy (non-hydrogen) atoms. The second-order valence-electron chi connectivity index (χ2n) is 4.68. The van der Waals surface area contributed by atoms with E-state index in [-0.39, 0.29) is 0 Å². The topological polar surface area (TPSA) is 36.4 Å². The van der Waals surface area contributed by atoms with Crippen LogP contribution in [0.15, 0.2) is 57.0 Å². The lowest BCUT2D eigenvalue weighted by Crippen LogP contribution is -2.39. The molecule has 0 aliphatic carbocycles. The second-order valence-corrected chi connectivity index (χ2v) is 6.97. The summed E-state index contributed by atoms with van der Waals surface area (Å²) >= 11 is 3.58. The number of nitrogens with zero attached hydrogens (tertiary/aromatic N) is 1. The van der Waals surface area contributed by atoms with Crippen LogP contribution < -0.4 is 10.6 Å². The van der Waals surface area contributed by atoms with E-state index < -0.39 is 0 Å². The van der Waals surface area contributed by atoms with E-state index in [1.807, 2.05) is 17.8 Å². The first-order valence-electron chi connectivity index (χ1n) is 6.95. The first-order valence-corrected chi connectivity index (χ1v) is 8.77. The van der Waals surface area contributed by atoms with Crippen LogP contribution in [-0.4, -0.2) is 24.8 Å². The fraction of sp³-hybridized carbons (Fsp3) is 0.312. The third-order valence-electron chi connectivity index (χ3n) is 2.90. The molecule has 5 heteroatoms. The van der Waals surface area contributed by atoms with Crippen LogP contribution in [0, 0.1) is 0 Å². The quantitative estimate of drug-likeness (QED) is 0.485. The van der Waals surface area contributed by atoms with Gasteiger partial charge in [0.05, 0.1) is 0 Å². The van der Waals surface area contributed by atoms with E-state index in [9.17, 15) is 0 Å². The van der Waals surface area contributed by atoms with E-state index in [2.05, 4.69) is 63.6 Å². The van der Waals surface area contributed by atoms with Crippen molar-refractivity contribution in [2.45, 2.75) is 23.6 Å². The van der Waals surface area contributed by atoms with Crippen LogP contribution in [0.3, 0.4) is 0 Å². The van der Waals surface area contributed by atoms with Crippen LogP contribution in [0.4, 0.5) is 0 Å². The van der Waals surface area contributed by atoms with Gasteiger partial charge >= 0.3 is 0 Å². The molecule has 3 nitrogen and oxygen atoms in total. The molecular formula is C16H21N3S2. The highest BCUT2D eigenvalue weighted by Crippen LogP contribution is 2.21. The molecule has 0 radical (unpaired) electrons. The molecule has 0 saturated carbocycles. The molecule has 1 heterocycles. The zero-order valence-corrected chi connectivity index (χ0v) is 14.0. The van der Waals surface area contributed by atoms with Gasteiger partial charge in [0, 0.05) is 30.3 Å². The Morgan fingerprint density at radius 2 is 2.05 bits per heavy atom. The lowest BCUT2D eigenvalue weighted by Gasteiger charge is -2.15. The van der Waals surface area contributed by atoms with Gasteiger partial charge in [-0.05, 0) is 34.5 Å². The summed E-state index contributed by atoms with van der Waals surface area (Å²) in [5.41, 5.74) is 1.29. The molecule has 0 amide bonds. The molecule has 1 atom stereocenters. The normalized spacial score (nSPS) is 13.0. The lowest BCUT2D eigenvalue weighted by molar-refractivity contribution is 0.791. The minimum atomic E-state index is 0.479. The fourth-order valence-corrected chi connectivity index (χ4v) is 3.43. The van der Waals surface area contributed by atoms with Crippen molar-refractivity contribution in [3.8, 4) is 0 Å². The summed E-state index contributed by atoms with van der Waals surface area (Å²) in [4.78, 5) is 5.55. The van der Waals surface area contributed by atoms with Gasteiger partial charge in [-0.3, -0.25) is 4.99 Å². The Bertz CT molecular complexity index is 538. The van der Waals surface area contributed by atoms with E-state index in [4.69, 9.17) is 0 Å². The Labute approximate surface area is 134 Å². The number of guanidine groups is 1. The van der Waals surface area contributed by atoms with Gasteiger partial charge in [-0.25, -0.2) is 0 Å². The van der Waals surface area contributed by atoms with E-state index in [0.29, 0.717) is 5.25 Å². The molecule has 0 saturated heterocycles. The predicted octanol–water partition coefficient (Wildman–Crippen LogP) is 3.59. The van der Waals surface area contributed by atoms with Crippen molar-refractivity contribution in [1.29, 1.82) is 0 Å². The highest BCUT2D eigenvalue weighted by Gasteiger charge is 2.05. The predicted molar refractivity (Wildman–Crippen MR) is 94.3 cm³/mol. The first kappa shape index (κ1) is 15.9.